The van der Waals surface area contributed by atoms with Crippen molar-refractivity contribution in [3.63, 3.8) is 0 Å². The summed E-state index contributed by atoms with van der Waals surface area (Å²) in [7, 11) is 3.80. The second kappa shape index (κ2) is 7.46. The molecule has 0 radical (unpaired) electrons. The number of carbonyl (C=O) groups is 1. The molecule has 1 aliphatic rings. The van der Waals surface area contributed by atoms with Gasteiger partial charge in [0, 0.05) is 44.9 Å². The maximum absolute atomic E-state index is 12.8. The Kier molecular flexibility index (Phi) is 5.11. The van der Waals surface area contributed by atoms with E-state index in [0.717, 1.165) is 25.1 Å². The van der Waals surface area contributed by atoms with Gasteiger partial charge in [-0.2, -0.15) is 0 Å². The van der Waals surface area contributed by atoms with Crippen molar-refractivity contribution in [2.45, 2.75) is 25.9 Å². The van der Waals surface area contributed by atoms with Crippen molar-refractivity contribution >= 4 is 11.7 Å². The molecule has 2 aromatic rings. The van der Waals surface area contributed by atoms with Crippen LogP contribution in [0, 0.1) is 6.92 Å². The lowest BCUT2D eigenvalue weighted by Gasteiger charge is -2.33. The number of aromatic nitrogens is 3. The number of carbonyl (C=O) groups excluding carboxylic acids is 1. The Bertz CT molecular complexity index is 750. The fourth-order valence-corrected chi connectivity index (χ4v) is 2.97. The van der Waals surface area contributed by atoms with Gasteiger partial charge in [0.2, 0.25) is 0 Å². The Labute approximate surface area is 147 Å². The van der Waals surface area contributed by atoms with Gasteiger partial charge >= 0.3 is 0 Å². The van der Waals surface area contributed by atoms with Gasteiger partial charge in [0.05, 0.1) is 12.1 Å². The lowest BCUT2D eigenvalue weighted by Crippen LogP contribution is -2.44. The Balaban J connectivity index is 1.72. The summed E-state index contributed by atoms with van der Waals surface area (Å²) in [5.74, 6) is 1.20. The molecule has 3 heterocycles. The molecule has 7 nitrogen and oxygen atoms in total. The van der Waals surface area contributed by atoms with Crippen molar-refractivity contribution in [3.05, 3.63) is 42.0 Å². The van der Waals surface area contributed by atoms with E-state index in [1.165, 1.54) is 0 Å². The number of likely N-dealkylation sites (tertiary alicyclic amines) is 1. The molecule has 2 aromatic heterocycles. The lowest BCUT2D eigenvalue weighted by atomic mass is 10.1. The van der Waals surface area contributed by atoms with Crippen LogP contribution in [0.2, 0.25) is 0 Å². The molecule has 3 rings (SSSR count). The van der Waals surface area contributed by atoms with Crippen molar-refractivity contribution in [1.29, 1.82) is 0 Å². The number of amides is 1. The normalized spacial score (nSPS) is 17.2. The van der Waals surface area contributed by atoms with Crippen LogP contribution >= 0.6 is 0 Å². The van der Waals surface area contributed by atoms with Crippen molar-refractivity contribution in [2.24, 2.45) is 0 Å². The van der Waals surface area contributed by atoms with Crippen LogP contribution in [0.5, 0.6) is 5.88 Å². The molecule has 0 bridgehead atoms. The standard InChI is InChI=1S/C18H23N5O2/c1-13-15(7-4-8-19-13)18(24)23-11-5-6-14(12-23)25-17-16(22(2)3)20-9-10-21-17/h4,7-10,14H,5-6,11-12H2,1-3H3. The Morgan fingerprint density at radius 3 is 2.80 bits per heavy atom. The van der Waals surface area contributed by atoms with Crippen molar-refractivity contribution < 1.29 is 9.53 Å². The number of hydrogen-bond donors (Lipinski definition) is 0. The third-order valence-electron chi connectivity index (χ3n) is 4.25. The quantitative estimate of drug-likeness (QED) is 0.846. The van der Waals surface area contributed by atoms with Gasteiger partial charge in [-0.1, -0.05) is 0 Å². The summed E-state index contributed by atoms with van der Waals surface area (Å²) in [6.45, 7) is 3.12. The van der Waals surface area contributed by atoms with Gasteiger partial charge in [0.15, 0.2) is 5.82 Å². The van der Waals surface area contributed by atoms with Gasteiger partial charge in [0.1, 0.15) is 6.10 Å². The highest BCUT2D eigenvalue weighted by Gasteiger charge is 2.27. The Morgan fingerprint density at radius 1 is 1.24 bits per heavy atom. The van der Waals surface area contributed by atoms with E-state index < -0.39 is 0 Å². The third kappa shape index (κ3) is 3.87. The fraction of sp³-hybridized carbons (Fsp3) is 0.444. The van der Waals surface area contributed by atoms with E-state index in [1.807, 2.05) is 36.9 Å². The van der Waals surface area contributed by atoms with E-state index in [-0.39, 0.29) is 12.0 Å². The highest BCUT2D eigenvalue weighted by Crippen LogP contribution is 2.24. The number of nitrogens with zero attached hydrogens (tertiary/aromatic N) is 5. The summed E-state index contributed by atoms with van der Waals surface area (Å²) in [5.41, 5.74) is 1.40. The molecular weight excluding hydrogens is 318 g/mol. The zero-order chi connectivity index (χ0) is 17.8. The van der Waals surface area contributed by atoms with Crippen molar-refractivity contribution in [1.82, 2.24) is 19.9 Å². The molecule has 0 N–H and O–H groups in total. The molecule has 1 amide bonds. The number of aryl methyl sites for hydroxylation is 1. The van der Waals surface area contributed by atoms with E-state index >= 15 is 0 Å². The average Bonchev–Trinajstić information content (AvgIpc) is 2.62. The average molecular weight is 341 g/mol. The van der Waals surface area contributed by atoms with Gasteiger partial charge in [-0.25, -0.2) is 9.97 Å². The van der Waals surface area contributed by atoms with E-state index in [0.29, 0.717) is 23.8 Å². The molecule has 1 unspecified atom stereocenters. The van der Waals surface area contributed by atoms with Crippen LogP contribution in [0.4, 0.5) is 5.82 Å². The summed E-state index contributed by atoms with van der Waals surface area (Å²) >= 11 is 0. The summed E-state index contributed by atoms with van der Waals surface area (Å²) in [5, 5.41) is 0. The SMILES string of the molecule is Cc1ncccc1C(=O)N1CCCC(Oc2nccnc2N(C)C)C1. The van der Waals surface area contributed by atoms with E-state index in [2.05, 4.69) is 15.0 Å². The van der Waals surface area contributed by atoms with E-state index in [4.69, 9.17) is 4.74 Å². The third-order valence-corrected chi connectivity index (χ3v) is 4.25. The van der Waals surface area contributed by atoms with Crippen LogP contribution in [0.1, 0.15) is 28.9 Å². The molecule has 0 aromatic carbocycles. The van der Waals surface area contributed by atoms with Crippen molar-refractivity contribution in [2.75, 3.05) is 32.1 Å². The maximum Gasteiger partial charge on any atom is 0.257 e. The van der Waals surface area contributed by atoms with E-state index in [9.17, 15) is 4.79 Å². The molecule has 0 spiro atoms. The maximum atomic E-state index is 12.8. The summed E-state index contributed by atoms with van der Waals surface area (Å²) in [4.78, 5) is 29.3. The van der Waals surface area contributed by atoms with Crippen LogP contribution in [-0.4, -0.2) is 59.0 Å². The second-order valence-corrected chi connectivity index (χ2v) is 6.35. The first-order valence-corrected chi connectivity index (χ1v) is 8.42. The minimum absolute atomic E-state index is 0.00544. The molecule has 1 fully saturated rings. The fourth-order valence-electron chi connectivity index (χ4n) is 2.97. The molecule has 1 atom stereocenters. The minimum atomic E-state index is -0.0925. The number of ether oxygens (including phenoxy) is 1. The first-order chi connectivity index (χ1) is 12.1. The monoisotopic (exact) mass is 341 g/mol. The molecule has 1 saturated heterocycles. The molecule has 7 heteroatoms. The predicted molar refractivity (Wildman–Crippen MR) is 94.9 cm³/mol. The highest BCUT2D eigenvalue weighted by atomic mass is 16.5. The Morgan fingerprint density at radius 2 is 2.04 bits per heavy atom. The Hall–Kier alpha value is -2.70. The second-order valence-electron chi connectivity index (χ2n) is 6.35. The van der Waals surface area contributed by atoms with Gasteiger partial charge in [-0.3, -0.25) is 9.78 Å². The number of rotatable bonds is 4. The molecule has 132 valence electrons. The van der Waals surface area contributed by atoms with Gasteiger partial charge in [-0.15, -0.1) is 0 Å². The molecular formula is C18H23N5O2. The minimum Gasteiger partial charge on any atom is -0.470 e. The molecule has 25 heavy (non-hydrogen) atoms. The predicted octanol–water partition coefficient (Wildman–Crippen LogP) is 1.93. The van der Waals surface area contributed by atoms with Crippen LogP contribution < -0.4 is 9.64 Å². The van der Waals surface area contributed by atoms with E-state index in [1.54, 1.807) is 24.7 Å². The van der Waals surface area contributed by atoms with Crippen LogP contribution in [0.25, 0.3) is 0 Å². The number of hydrogen-bond acceptors (Lipinski definition) is 6. The number of piperidine rings is 1. The first kappa shape index (κ1) is 17.1. The lowest BCUT2D eigenvalue weighted by molar-refractivity contribution is 0.0527. The van der Waals surface area contributed by atoms with Gasteiger partial charge in [-0.05, 0) is 31.9 Å². The number of anilines is 1. The van der Waals surface area contributed by atoms with Crippen LogP contribution in [0.15, 0.2) is 30.7 Å². The molecule has 0 aliphatic carbocycles. The van der Waals surface area contributed by atoms with Gasteiger partial charge < -0.3 is 14.5 Å². The summed E-state index contributed by atoms with van der Waals surface area (Å²) in [6, 6.07) is 3.61. The zero-order valence-corrected chi connectivity index (χ0v) is 14.8. The molecule has 1 aliphatic heterocycles. The highest BCUT2D eigenvalue weighted by molar-refractivity contribution is 5.95. The summed E-state index contributed by atoms with van der Waals surface area (Å²) in [6.07, 6.45) is 6.65. The van der Waals surface area contributed by atoms with Crippen molar-refractivity contribution in [3.8, 4) is 5.88 Å². The zero-order valence-electron chi connectivity index (χ0n) is 14.8. The summed E-state index contributed by atoms with van der Waals surface area (Å²) < 4.78 is 6.07. The number of pyridine rings is 1. The first-order valence-electron chi connectivity index (χ1n) is 8.42. The topological polar surface area (TPSA) is 71.5 Å². The van der Waals surface area contributed by atoms with Crippen LogP contribution in [0.3, 0.4) is 0 Å². The largest absolute Gasteiger partial charge is 0.470 e. The smallest absolute Gasteiger partial charge is 0.257 e. The van der Waals surface area contributed by atoms with Crippen LogP contribution in [-0.2, 0) is 0 Å². The van der Waals surface area contributed by atoms with Gasteiger partial charge in [0.25, 0.3) is 11.8 Å². The molecule has 0 saturated carbocycles.